The molecule has 0 aliphatic rings. The van der Waals surface area contributed by atoms with Gasteiger partial charge >= 0.3 is 0 Å². The molecule has 0 bridgehead atoms. The third kappa shape index (κ3) is 7.39. The first-order valence-corrected chi connectivity index (χ1v) is 4.34. The Hall–Kier alpha value is -1.26. The zero-order valence-corrected chi connectivity index (χ0v) is 8.34. The highest BCUT2D eigenvalue weighted by atomic mass is 16.6. The lowest BCUT2D eigenvalue weighted by Crippen LogP contribution is -2.04. The Balaban J connectivity index is 0.000000255. The summed E-state index contributed by atoms with van der Waals surface area (Å²) in [6.45, 7) is 4.01. The summed E-state index contributed by atoms with van der Waals surface area (Å²) in [6.07, 6.45) is -0.602. The molecule has 0 saturated heterocycles. The van der Waals surface area contributed by atoms with Gasteiger partial charge in [-0.15, -0.1) is 0 Å². The van der Waals surface area contributed by atoms with Gasteiger partial charge in [-0.05, 0) is 38.1 Å². The molecule has 0 aliphatic carbocycles. The minimum absolute atomic E-state index is 0.169. The summed E-state index contributed by atoms with van der Waals surface area (Å²) >= 11 is 0. The smallest absolute Gasteiger partial charge is 0.151 e. The van der Waals surface area contributed by atoms with Crippen LogP contribution in [-0.2, 0) is 4.74 Å². The maximum atomic E-state index is 8.65. The molecule has 14 heavy (non-hydrogen) atoms. The van der Waals surface area contributed by atoms with Crippen molar-refractivity contribution in [3.63, 3.8) is 0 Å². The van der Waals surface area contributed by atoms with Crippen molar-refractivity contribution in [2.45, 2.75) is 20.1 Å². The summed E-state index contributed by atoms with van der Waals surface area (Å²) in [5.74, 6) is 0.339. The zero-order chi connectivity index (χ0) is 11.0. The minimum Gasteiger partial charge on any atom is -0.508 e. The molecule has 1 aromatic rings. The van der Waals surface area contributed by atoms with Crippen molar-refractivity contribution in [1.82, 2.24) is 0 Å². The number of aliphatic hydroxyl groups excluding tert-OH is 1. The van der Waals surface area contributed by atoms with Gasteiger partial charge in [-0.25, -0.2) is 0 Å². The molecule has 4 nitrogen and oxygen atoms in total. The van der Waals surface area contributed by atoms with Crippen molar-refractivity contribution < 1.29 is 20.1 Å². The summed E-state index contributed by atoms with van der Waals surface area (Å²) in [5, 5.41) is 25.6. The summed E-state index contributed by atoms with van der Waals surface area (Å²) in [7, 11) is 0. The largest absolute Gasteiger partial charge is 0.508 e. The lowest BCUT2D eigenvalue weighted by Gasteiger charge is -1.99. The number of phenols is 2. The average molecular weight is 200 g/mol. The van der Waals surface area contributed by atoms with Gasteiger partial charge in [-0.1, -0.05) is 0 Å². The predicted octanol–water partition coefficient (Wildman–Crippen LogP) is 1.46. The van der Waals surface area contributed by atoms with Gasteiger partial charge in [0.15, 0.2) is 6.29 Å². The Morgan fingerprint density at radius 3 is 1.64 bits per heavy atom. The van der Waals surface area contributed by atoms with E-state index in [2.05, 4.69) is 4.74 Å². The van der Waals surface area contributed by atoms with Gasteiger partial charge in [0.1, 0.15) is 11.5 Å². The van der Waals surface area contributed by atoms with Crippen molar-refractivity contribution in [3.05, 3.63) is 24.3 Å². The second-order valence-electron chi connectivity index (χ2n) is 2.57. The monoisotopic (exact) mass is 200 g/mol. The normalized spacial score (nSPS) is 11.4. The first-order chi connectivity index (χ1) is 6.56. The van der Waals surface area contributed by atoms with Gasteiger partial charge in [-0.3, -0.25) is 0 Å². The molecule has 0 amide bonds. The molecule has 1 atom stereocenters. The molecule has 1 aromatic carbocycles. The maximum Gasteiger partial charge on any atom is 0.151 e. The van der Waals surface area contributed by atoms with Crippen LogP contribution < -0.4 is 0 Å². The number of hydrogen-bond acceptors (Lipinski definition) is 4. The van der Waals surface area contributed by atoms with E-state index in [-0.39, 0.29) is 11.5 Å². The lowest BCUT2D eigenvalue weighted by molar-refractivity contribution is -0.0800. The molecule has 1 unspecified atom stereocenters. The third-order valence-electron chi connectivity index (χ3n) is 1.26. The fourth-order valence-corrected chi connectivity index (χ4v) is 0.694. The van der Waals surface area contributed by atoms with E-state index in [1.54, 1.807) is 6.92 Å². The van der Waals surface area contributed by atoms with Crippen LogP contribution in [0.2, 0.25) is 0 Å². The van der Waals surface area contributed by atoms with Gasteiger partial charge in [0.05, 0.1) is 0 Å². The average Bonchev–Trinajstić information content (AvgIpc) is 2.11. The van der Waals surface area contributed by atoms with Crippen molar-refractivity contribution in [2.75, 3.05) is 6.61 Å². The van der Waals surface area contributed by atoms with Crippen LogP contribution in [0.3, 0.4) is 0 Å². The van der Waals surface area contributed by atoms with E-state index in [9.17, 15) is 0 Å². The molecule has 3 N–H and O–H groups in total. The molecule has 0 heterocycles. The van der Waals surface area contributed by atoms with E-state index in [0.717, 1.165) is 0 Å². The molecular formula is C10H16O4. The SMILES string of the molecule is CCOC(C)O.Oc1ccc(O)cc1. The van der Waals surface area contributed by atoms with Gasteiger partial charge in [0.25, 0.3) is 0 Å². The summed E-state index contributed by atoms with van der Waals surface area (Å²) in [6, 6.07) is 5.70. The van der Waals surface area contributed by atoms with Crippen molar-refractivity contribution in [1.29, 1.82) is 0 Å². The van der Waals surface area contributed by atoms with Crippen LogP contribution in [0.1, 0.15) is 13.8 Å². The fraction of sp³-hybridized carbons (Fsp3) is 0.400. The summed E-state index contributed by atoms with van der Waals surface area (Å²) < 4.78 is 4.60. The number of rotatable bonds is 2. The minimum atomic E-state index is -0.602. The molecule has 1 rings (SSSR count). The lowest BCUT2D eigenvalue weighted by atomic mass is 10.3. The molecule has 0 spiro atoms. The van der Waals surface area contributed by atoms with Crippen LogP contribution in [-0.4, -0.2) is 28.2 Å². The molecule has 4 heteroatoms. The Kier molecular flexibility index (Phi) is 6.53. The predicted molar refractivity (Wildman–Crippen MR) is 53.1 cm³/mol. The quantitative estimate of drug-likeness (QED) is 0.499. The van der Waals surface area contributed by atoms with Crippen molar-refractivity contribution in [2.24, 2.45) is 0 Å². The van der Waals surface area contributed by atoms with Gasteiger partial charge < -0.3 is 20.1 Å². The molecule has 0 radical (unpaired) electrons. The number of aromatic hydroxyl groups is 2. The maximum absolute atomic E-state index is 8.65. The van der Waals surface area contributed by atoms with Crippen molar-refractivity contribution in [3.8, 4) is 11.5 Å². The Labute approximate surface area is 83.4 Å². The molecular weight excluding hydrogens is 184 g/mol. The van der Waals surface area contributed by atoms with E-state index in [1.165, 1.54) is 24.3 Å². The number of hydrogen-bond donors (Lipinski definition) is 3. The number of phenolic OH excluding ortho intramolecular Hbond substituents is 2. The van der Waals surface area contributed by atoms with Crippen LogP contribution in [0.15, 0.2) is 24.3 Å². The summed E-state index contributed by atoms with van der Waals surface area (Å²) in [4.78, 5) is 0. The molecule has 0 aromatic heterocycles. The van der Waals surface area contributed by atoms with Crippen LogP contribution in [0.4, 0.5) is 0 Å². The highest BCUT2D eigenvalue weighted by Gasteiger charge is 1.85. The van der Waals surface area contributed by atoms with Crippen LogP contribution in [0.5, 0.6) is 11.5 Å². The first kappa shape index (κ1) is 12.7. The van der Waals surface area contributed by atoms with Crippen LogP contribution in [0, 0.1) is 0 Å². The van der Waals surface area contributed by atoms with Crippen LogP contribution >= 0.6 is 0 Å². The number of aliphatic hydroxyl groups is 1. The number of ether oxygens (including phenoxy) is 1. The first-order valence-electron chi connectivity index (χ1n) is 4.34. The molecule has 0 saturated carbocycles. The summed E-state index contributed by atoms with van der Waals surface area (Å²) in [5.41, 5.74) is 0. The Bertz CT molecular complexity index is 209. The van der Waals surface area contributed by atoms with Gasteiger partial charge in [-0.2, -0.15) is 0 Å². The molecule has 0 fully saturated rings. The Morgan fingerprint density at radius 2 is 1.50 bits per heavy atom. The topological polar surface area (TPSA) is 69.9 Å². The van der Waals surface area contributed by atoms with Gasteiger partial charge in [0, 0.05) is 6.61 Å². The molecule has 80 valence electrons. The van der Waals surface area contributed by atoms with E-state index in [4.69, 9.17) is 15.3 Å². The standard InChI is InChI=1S/C6H6O2.C4H10O2/c7-5-1-2-6(8)4-3-5;1-3-6-4(2)5/h1-4,7-8H;4-5H,3H2,1-2H3. The van der Waals surface area contributed by atoms with E-state index in [1.807, 2.05) is 6.92 Å². The van der Waals surface area contributed by atoms with Crippen molar-refractivity contribution >= 4 is 0 Å². The fourth-order valence-electron chi connectivity index (χ4n) is 0.694. The molecule has 0 aliphatic heterocycles. The van der Waals surface area contributed by atoms with E-state index < -0.39 is 6.29 Å². The number of benzene rings is 1. The second kappa shape index (κ2) is 7.17. The second-order valence-corrected chi connectivity index (χ2v) is 2.57. The van der Waals surface area contributed by atoms with E-state index in [0.29, 0.717) is 6.61 Å². The highest BCUT2D eigenvalue weighted by molar-refractivity contribution is 5.28. The van der Waals surface area contributed by atoms with Gasteiger partial charge in [0.2, 0.25) is 0 Å². The van der Waals surface area contributed by atoms with Crippen LogP contribution in [0.25, 0.3) is 0 Å². The van der Waals surface area contributed by atoms with E-state index >= 15 is 0 Å². The highest BCUT2D eigenvalue weighted by Crippen LogP contribution is 2.13. The Morgan fingerprint density at radius 1 is 1.14 bits per heavy atom. The zero-order valence-electron chi connectivity index (χ0n) is 8.34. The third-order valence-corrected chi connectivity index (χ3v) is 1.26.